The molecule has 0 atom stereocenters. The summed E-state index contributed by atoms with van der Waals surface area (Å²) in [6.07, 6.45) is 2.79. The molecule has 3 rings (SSSR count). The number of aliphatic imine (C=N–C) groups is 1. The number of guanidine groups is 1. The van der Waals surface area contributed by atoms with Gasteiger partial charge in [-0.1, -0.05) is 6.07 Å². The average molecular weight is 502 g/mol. The van der Waals surface area contributed by atoms with Crippen LogP contribution in [0.5, 0.6) is 11.5 Å². The quantitative estimate of drug-likeness (QED) is 0.373. The van der Waals surface area contributed by atoms with Gasteiger partial charge in [0, 0.05) is 44.2 Å². The molecule has 0 aliphatic carbocycles. The summed E-state index contributed by atoms with van der Waals surface area (Å²) in [5, 5.41) is 4.50. The van der Waals surface area contributed by atoms with Crippen LogP contribution in [-0.2, 0) is 13.0 Å². The summed E-state index contributed by atoms with van der Waals surface area (Å²) in [7, 11) is 2.05. The van der Waals surface area contributed by atoms with Gasteiger partial charge in [0.05, 0.1) is 5.01 Å². The second-order valence-electron chi connectivity index (χ2n) is 6.18. The van der Waals surface area contributed by atoms with Gasteiger partial charge in [-0.2, -0.15) is 0 Å². The maximum absolute atomic E-state index is 5.67. The molecule has 0 saturated heterocycles. The molecule has 1 aliphatic rings. The second kappa shape index (κ2) is 10.7. The first-order chi connectivity index (χ1) is 12.7. The molecule has 1 aromatic heterocycles. The number of rotatable bonds is 6. The Balaban J connectivity index is 0.00000261. The number of fused-ring (bicyclic) bond motifs is 1. The normalized spacial score (nSPS) is 13.1. The van der Waals surface area contributed by atoms with E-state index >= 15 is 0 Å². The number of aromatic nitrogens is 1. The van der Waals surface area contributed by atoms with Crippen molar-refractivity contribution in [2.75, 3.05) is 33.4 Å². The van der Waals surface area contributed by atoms with Crippen molar-refractivity contribution in [1.29, 1.82) is 0 Å². The highest BCUT2D eigenvalue weighted by Crippen LogP contribution is 2.31. The molecular weight excluding hydrogens is 475 g/mol. The molecule has 6 nitrogen and oxygen atoms in total. The van der Waals surface area contributed by atoms with Crippen LogP contribution in [-0.4, -0.2) is 49.2 Å². The van der Waals surface area contributed by atoms with Crippen LogP contribution in [0, 0.1) is 6.92 Å². The number of benzene rings is 1. The molecule has 0 fully saturated rings. The highest BCUT2D eigenvalue weighted by atomic mass is 127. The van der Waals surface area contributed by atoms with Gasteiger partial charge in [0.2, 0.25) is 0 Å². The highest BCUT2D eigenvalue weighted by Gasteiger charge is 2.13. The van der Waals surface area contributed by atoms with E-state index in [2.05, 4.69) is 35.1 Å². The monoisotopic (exact) mass is 502 g/mol. The van der Waals surface area contributed by atoms with E-state index in [1.165, 1.54) is 4.88 Å². The van der Waals surface area contributed by atoms with Gasteiger partial charge in [0.25, 0.3) is 0 Å². The number of hydrogen-bond acceptors (Lipinski definition) is 5. The lowest BCUT2D eigenvalue weighted by molar-refractivity contribution is 0.171. The zero-order valence-electron chi connectivity index (χ0n) is 16.0. The van der Waals surface area contributed by atoms with Gasteiger partial charge >= 0.3 is 0 Å². The standard InChI is InChI=1S/C19H26N4O2S.HI/c1-4-20-19(21-8-7-18-22-12-14(2)26-18)23(3)13-15-5-6-16-17(11-15)25-10-9-24-16;/h5-6,11-12H,4,7-10,13H2,1-3H3,(H,20,21);1H. The Hall–Kier alpha value is -1.55. The molecule has 0 amide bonds. The number of ether oxygens (including phenoxy) is 2. The lowest BCUT2D eigenvalue weighted by atomic mass is 10.2. The van der Waals surface area contributed by atoms with E-state index in [1.54, 1.807) is 11.3 Å². The smallest absolute Gasteiger partial charge is 0.193 e. The molecule has 2 aromatic rings. The number of hydrogen-bond donors (Lipinski definition) is 1. The van der Waals surface area contributed by atoms with Crippen LogP contribution in [0.3, 0.4) is 0 Å². The van der Waals surface area contributed by atoms with Gasteiger partial charge in [0.15, 0.2) is 17.5 Å². The van der Waals surface area contributed by atoms with Crippen LogP contribution >= 0.6 is 35.3 Å². The Morgan fingerprint density at radius 3 is 2.78 bits per heavy atom. The summed E-state index contributed by atoms with van der Waals surface area (Å²) in [5.74, 6) is 2.54. The summed E-state index contributed by atoms with van der Waals surface area (Å²) in [6.45, 7) is 7.68. The Morgan fingerprint density at radius 1 is 1.30 bits per heavy atom. The first-order valence-electron chi connectivity index (χ1n) is 8.95. The zero-order chi connectivity index (χ0) is 18.4. The van der Waals surface area contributed by atoms with Crippen LogP contribution in [0.25, 0.3) is 0 Å². The van der Waals surface area contributed by atoms with Gasteiger partial charge < -0.3 is 19.7 Å². The molecule has 0 bridgehead atoms. The van der Waals surface area contributed by atoms with Gasteiger partial charge in [-0.3, -0.25) is 4.99 Å². The van der Waals surface area contributed by atoms with Gasteiger partial charge in [-0.15, -0.1) is 35.3 Å². The Bertz CT molecular complexity index is 766. The number of nitrogens with zero attached hydrogens (tertiary/aromatic N) is 3. The van der Waals surface area contributed by atoms with Gasteiger partial charge in [-0.25, -0.2) is 4.98 Å². The largest absolute Gasteiger partial charge is 0.486 e. The third-order valence-corrected chi connectivity index (χ3v) is 4.95. The molecule has 0 radical (unpaired) electrons. The summed E-state index contributed by atoms with van der Waals surface area (Å²) in [4.78, 5) is 12.5. The van der Waals surface area contributed by atoms with Crippen LogP contribution in [0.1, 0.15) is 22.4 Å². The fourth-order valence-corrected chi connectivity index (χ4v) is 3.55. The Labute approximate surface area is 182 Å². The van der Waals surface area contributed by atoms with E-state index in [1.807, 2.05) is 25.4 Å². The van der Waals surface area contributed by atoms with Crippen molar-refractivity contribution in [2.24, 2.45) is 4.99 Å². The van der Waals surface area contributed by atoms with E-state index in [9.17, 15) is 0 Å². The predicted octanol–water partition coefficient (Wildman–Crippen LogP) is 3.48. The van der Waals surface area contributed by atoms with E-state index in [4.69, 9.17) is 14.5 Å². The lowest BCUT2D eigenvalue weighted by Gasteiger charge is -2.23. The molecule has 1 aromatic carbocycles. The molecule has 8 heteroatoms. The van der Waals surface area contributed by atoms with Crippen molar-refractivity contribution < 1.29 is 9.47 Å². The van der Waals surface area contributed by atoms with Crippen molar-refractivity contribution >= 4 is 41.3 Å². The van der Waals surface area contributed by atoms with E-state index in [-0.39, 0.29) is 24.0 Å². The lowest BCUT2D eigenvalue weighted by Crippen LogP contribution is -2.38. The van der Waals surface area contributed by atoms with Crippen molar-refractivity contribution in [3.05, 3.63) is 39.8 Å². The summed E-state index contributed by atoms with van der Waals surface area (Å²) >= 11 is 1.74. The second-order valence-corrected chi connectivity index (χ2v) is 7.50. The third kappa shape index (κ3) is 6.24. The van der Waals surface area contributed by atoms with Crippen LogP contribution in [0.15, 0.2) is 29.4 Å². The molecule has 2 heterocycles. The predicted molar refractivity (Wildman–Crippen MR) is 121 cm³/mol. The zero-order valence-corrected chi connectivity index (χ0v) is 19.2. The summed E-state index contributed by atoms with van der Waals surface area (Å²) in [6, 6.07) is 6.10. The van der Waals surface area contributed by atoms with Crippen molar-refractivity contribution in [3.63, 3.8) is 0 Å². The number of aryl methyl sites for hydroxylation is 1. The SMILES string of the molecule is CCNC(=NCCc1ncc(C)s1)N(C)Cc1ccc2c(c1)OCCO2.I. The molecule has 148 valence electrons. The highest BCUT2D eigenvalue weighted by molar-refractivity contribution is 14.0. The van der Waals surface area contributed by atoms with E-state index in [0.29, 0.717) is 13.2 Å². The van der Waals surface area contributed by atoms with Crippen LogP contribution in [0.2, 0.25) is 0 Å². The summed E-state index contributed by atoms with van der Waals surface area (Å²) < 4.78 is 11.3. The maximum Gasteiger partial charge on any atom is 0.193 e. The molecule has 0 saturated carbocycles. The molecular formula is C19H27IN4O2S. The number of nitrogens with one attached hydrogen (secondary N) is 1. The first kappa shape index (κ1) is 21.7. The first-order valence-corrected chi connectivity index (χ1v) is 9.76. The molecule has 1 N–H and O–H groups in total. The summed E-state index contributed by atoms with van der Waals surface area (Å²) in [5.41, 5.74) is 1.16. The molecule has 0 spiro atoms. The number of halogens is 1. The van der Waals surface area contributed by atoms with Crippen LogP contribution < -0.4 is 14.8 Å². The topological polar surface area (TPSA) is 59.0 Å². The van der Waals surface area contributed by atoms with Crippen LogP contribution in [0.4, 0.5) is 0 Å². The van der Waals surface area contributed by atoms with Crippen molar-refractivity contribution in [2.45, 2.75) is 26.8 Å². The Morgan fingerprint density at radius 2 is 2.07 bits per heavy atom. The third-order valence-electron chi connectivity index (χ3n) is 3.98. The fraction of sp³-hybridized carbons (Fsp3) is 0.474. The Kier molecular flexibility index (Phi) is 8.62. The fourth-order valence-electron chi connectivity index (χ4n) is 2.78. The van der Waals surface area contributed by atoms with E-state index < -0.39 is 0 Å². The van der Waals surface area contributed by atoms with Crippen molar-refractivity contribution in [1.82, 2.24) is 15.2 Å². The average Bonchev–Trinajstić information content (AvgIpc) is 3.06. The van der Waals surface area contributed by atoms with Gasteiger partial charge in [0.1, 0.15) is 13.2 Å². The number of thiazole rings is 1. The van der Waals surface area contributed by atoms with Gasteiger partial charge in [-0.05, 0) is 31.5 Å². The van der Waals surface area contributed by atoms with E-state index in [0.717, 1.165) is 54.1 Å². The molecule has 27 heavy (non-hydrogen) atoms. The maximum atomic E-state index is 5.67. The minimum atomic E-state index is 0. The van der Waals surface area contributed by atoms with Crippen molar-refractivity contribution in [3.8, 4) is 11.5 Å². The molecule has 1 aliphatic heterocycles. The molecule has 0 unspecified atom stereocenters. The minimum Gasteiger partial charge on any atom is -0.486 e. The minimum absolute atomic E-state index is 0.